The Morgan fingerprint density at radius 1 is 1.17 bits per heavy atom. The Balaban J connectivity index is 2.35. The van der Waals surface area contributed by atoms with Crippen LogP contribution in [0.4, 0.5) is 0 Å². The molecule has 0 aromatic heterocycles. The van der Waals surface area contributed by atoms with Gasteiger partial charge in [0.2, 0.25) is 0 Å². The molecule has 2 atom stereocenters. The molecule has 0 saturated heterocycles. The minimum absolute atomic E-state index is 0.661. The minimum Gasteiger partial charge on any atom is -0.330 e. The van der Waals surface area contributed by atoms with Gasteiger partial charge in [0, 0.05) is 6.54 Å². The van der Waals surface area contributed by atoms with Gasteiger partial charge in [0.1, 0.15) is 0 Å². The van der Waals surface area contributed by atoms with E-state index in [0.717, 1.165) is 26.1 Å². The van der Waals surface area contributed by atoms with Crippen molar-refractivity contribution in [2.75, 3.05) is 13.1 Å². The van der Waals surface area contributed by atoms with E-state index in [9.17, 15) is 0 Å². The molecule has 2 unspecified atom stereocenters. The van der Waals surface area contributed by atoms with Crippen LogP contribution in [0.15, 0.2) is 24.3 Å². The first-order valence-corrected chi connectivity index (χ1v) is 7.17. The third-order valence-electron chi connectivity index (χ3n) is 3.64. The summed E-state index contributed by atoms with van der Waals surface area (Å²) in [5.74, 6) is 1.32. The van der Waals surface area contributed by atoms with Gasteiger partial charge in [0.05, 0.1) is 0 Å². The van der Waals surface area contributed by atoms with Crippen LogP contribution in [0.2, 0.25) is 0 Å². The van der Waals surface area contributed by atoms with E-state index in [1.54, 1.807) is 0 Å². The summed E-state index contributed by atoms with van der Waals surface area (Å²) in [6, 6.07) is 8.99. The Morgan fingerprint density at radius 3 is 2.39 bits per heavy atom. The van der Waals surface area contributed by atoms with Crippen molar-refractivity contribution < 1.29 is 0 Å². The molecule has 0 saturated carbocycles. The zero-order chi connectivity index (χ0) is 13.4. The molecule has 0 spiro atoms. The normalized spacial score (nSPS) is 14.4. The molecule has 0 fully saturated rings. The van der Waals surface area contributed by atoms with E-state index in [2.05, 4.69) is 50.4 Å². The summed E-state index contributed by atoms with van der Waals surface area (Å²) in [5, 5.41) is 3.49. The molecular weight excluding hydrogens is 220 g/mol. The predicted octanol–water partition coefficient (Wildman–Crippen LogP) is 3.27. The molecular formula is C16H28N2. The largest absolute Gasteiger partial charge is 0.330 e. The molecule has 0 aliphatic carbocycles. The molecule has 0 amide bonds. The van der Waals surface area contributed by atoms with Gasteiger partial charge in [-0.25, -0.2) is 0 Å². The van der Waals surface area contributed by atoms with Crippen LogP contribution in [0.1, 0.15) is 50.7 Å². The first kappa shape index (κ1) is 15.2. The summed E-state index contributed by atoms with van der Waals surface area (Å²) in [5.41, 5.74) is 8.35. The van der Waals surface area contributed by atoms with Crippen LogP contribution in [-0.4, -0.2) is 13.1 Å². The maximum absolute atomic E-state index is 5.54. The smallest absolute Gasteiger partial charge is 0.0205 e. The Hall–Kier alpha value is -0.860. The van der Waals surface area contributed by atoms with Crippen LogP contribution in [0.25, 0.3) is 0 Å². The van der Waals surface area contributed by atoms with Crippen molar-refractivity contribution in [2.45, 2.75) is 46.1 Å². The second-order valence-corrected chi connectivity index (χ2v) is 5.36. The van der Waals surface area contributed by atoms with Gasteiger partial charge < -0.3 is 11.1 Å². The SMILES string of the molecule is CCC(C)c1ccc(CNCC(C)CCN)cc1. The number of hydrogen-bond acceptors (Lipinski definition) is 2. The van der Waals surface area contributed by atoms with Crippen LogP contribution < -0.4 is 11.1 Å². The van der Waals surface area contributed by atoms with Crippen molar-refractivity contribution in [3.63, 3.8) is 0 Å². The second kappa shape index (κ2) is 8.28. The molecule has 102 valence electrons. The summed E-state index contributed by atoms with van der Waals surface area (Å²) in [6.07, 6.45) is 2.30. The average molecular weight is 248 g/mol. The molecule has 0 aliphatic rings. The standard InChI is InChI=1S/C16H28N2/c1-4-14(3)16-7-5-15(6-8-16)12-18-11-13(2)9-10-17/h5-8,13-14,18H,4,9-12,17H2,1-3H3. The van der Waals surface area contributed by atoms with Gasteiger partial charge in [-0.1, -0.05) is 45.0 Å². The van der Waals surface area contributed by atoms with Crippen molar-refractivity contribution in [1.82, 2.24) is 5.32 Å². The van der Waals surface area contributed by atoms with Crippen molar-refractivity contribution in [2.24, 2.45) is 11.7 Å². The molecule has 2 heteroatoms. The summed E-state index contributed by atoms with van der Waals surface area (Å²) in [6.45, 7) is 9.54. The lowest BCUT2D eigenvalue weighted by Gasteiger charge is -2.12. The zero-order valence-electron chi connectivity index (χ0n) is 12.1. The lowest BCUT2D eigenvalue weighted by molar-refractivity contribution is 0.486. The summed E-state index contributed by atoms with van der Waals surface area (Å²) in [7, 11) is 0. The van der Waals surface area contributed by atoms with E-state index < -0.39 is 0 Å². The minimum atomic E-state index is 0.661. The van der Waals surface area contributed by atoms with E-state index in [1.807, 2.05) is 0 Å². The summed E-state index contributed by atoms with van der Waals surface area (Å²) < 4.78 is 0. The zero-order valence-corrected chi connectivity index (χ0v) is 12.1. The molecule has 0 bridgehead atoms. The second-order valence-electron chi connectivity index (χ2n) is 5.36. The van der Waals surface area contributed by atoms with Gasteiger partial charge in [0.25, 0.3) is 0 Å². The molecule has 2 nitrogen and oxygen atoms in total. The maximum atomic E-state index is 5.54. The predicted molar refractivity (Wildman–Crippen MR) is 79.7 cm³/mol. The van der Waals surface area contributed by atoms with Gasteiger partial charge in [-0.3, -0.25) is 0 Å². The molecule has 1 aromatic rings. The molecule has 0 aliphatic heterocycles. The van der Waals surface area contributed by atoms with E-state index >= 15 is 0 Å². The van der Waals surface area contributed by atoms with Crippen LogP contribution in [0.3, 0.4) is 0 Å². The van der Waals surface area contributed by atoms with Gasteiger partial charge in [0.15, 0.2) is 0 Å². The van der Waals surface area contributed by atoms with Crippen LogP contribution >= 0.6 is 0 Å². The van der Waals surface area contributed by atoms with Crippen molar-refractivity contribution in [3.8, 4) is 0 Å². The van der Waals surface area contributed by atoms with E-state index in [1.165, 1.54) is 17.5 Å². The Bertz CT molecular complexity index is 318. The first-order chi connectivity index (χ1) is 8.67. The van der Waals surface area contributed by atoms with Crippen LogP contribution in [0, 0.1) is 5.92 Å². The van der Waals surface area contributed by atoms with Crippen molar-refractivity contribution >= 4 is 0 Å². The molecule has 1 rings (SSSR count). The average Bonchev–Trinajstić information content (AvgIpc) is 2.39. The molecule has 0 radical (unpaired) electrons. The third kappa shape index (κ3) is 5.19. The number of nitrogens with two attached hydrogens (primary N) is 1. The Morgan fingerprint density at radius 2 is 1.83 bits per heavy atom. The maximum Gasteiger partial charge on any atom is 0.0205 e. The number of nitrogens with one attached hydrogen (secondary N) is 1. The van der Waals surface area contributed by atoms with Crippen molar-refractivity contribution in [1.29, 1.82) is 0 Å². The Labute approximate surface area is 112 Å². The fraction of sp³-hybridized carbons (Fsp3) is 0.625. The number of rotatable bonds is 8. The topological polar surface area (TPSA) is 38.0 Å². The highest BCUT2D eigenvalue weighted by molar-refractivity contribution is 5.24. The van der Waals surface area contributed by atoms with E-state index in [4.69, 9.17) is 5.73 Å². The Kier molecular flexibility index (Phi) is 6.99. The molecule has 3 N–H and O–H groups in total. The summed E-state index contributed by atoms with van der Waals surface area (Å²) >= 11 is 0. The van der Waals surface area contributed by atoms with Gasteiger partial charge in [-0.05, 0) is 48.9 Å². The summed E-state index contributed by atoms with van der Waals surface area (Å²) in [4.78, 5) is 0. The van der Waals surface area contributed by atoms with Crippen LogP contribution in [0.5, 0.6) is 0 Å². The highest BCUT2D eigenvalue weighted by atomic mass is 14.9. The first-order valence-electron chi connectivity index (χ1n) is 7.17. The quantitative estimate of drug-likeness (QED) is 0.741. The number of benzene rings is 1. The lowest BCUT2D eigenvalue weighted by atomic mass is 9.97. The van der Waals surface area contributed by atoms with Gasteiger partial charge >= 0.3 is 0 Å². The molecule has 1 aromatic carbocycles. The molecule has 0 heterocycles. The monoisotopic (exact) mass is 248 g/mol. The van der Waals surface area contributed by atoms with Gasteiger partial charge in [-0.15, -0.1) is 0 Å². The third-order valence-corrected chi connectivity index (χ3v) is 3.64. The van der Waals surface area contributed by atoms with E-state index in [0.29, 0.717) is 11.8 Å². The van der Waals surface area contributed by atoms with Crippen molar-refractivity contribution in [3.05, 3.63) is 35.4 Å². The van der Waals surface area contributed by atoms with Crippen LogP contribution in [-0.2, 0) is 6.54 Å². The number of hydrogen-bond donors (Lipinski definition) is 2. The highest BCUT2D eigenvalue weighted by Gasteiger charge is 2.03. The highest BCUT2D eigenvalue weighted by Crippen LogP contribution is 2.18. The van der Waals surface area contributed by atoms with Gasteiger partial charge in [-0.2, -0.15) is 0 Å². The fourth-order valence-corrected chi connectivity index (χ4v) is 2.05. The lowest BCUT2D eigenvalue weighted by Crippen LogP contribution is -2.22. The molecule has 18 heavy (non-hydrogen) atoms. The van der Waals surface area contributed by atoms with E-state index in [-0.39, 0.29) is 0 Å². The fourth-order valence-electron chi connectivity index (χ4n) is 2.05.